The minimum absolute atomic E-state index is 0.0644. The average molecular weight is 347 g/mol. The van der Waals surface area contributed by atoms with E-state index in [4.69, 9.17) is 0 Å². The van der Waals surface area contributed by atoms with Crippen molar-refractivity contribution < 1.29 is 0 Å². The van der Waals surface area contributed by atoms with Crippen LogP contribution in [0.4, 0.5) is 0 Å². The normalized spacial score (nSPS) is 11.5. The second kappa shape index (κ2) is 9.93. The minimum Gasteiger partial charge on any atom is -0.356 e. The molecule has 2 heterocycles. The molecule has 0 saturated heterocycles. The lowest BCUT2D eigenvalue weighted by Crippen LogP contribution is -2.40. The van der Waals surface area contributed by atoms with Crippen LogP contribution in [0.15, 0.2) is 51.7 Å². The molecule has 1 N–H and O–H groups in total. The maximum absolute atomic E-state index is 11.6. The number of nitrogens with zero attached hydrogens (tertiary/aromatic N) is 3. The van der Waals surface area contributed by atoms with Gasteiger partial charge in [-0.15, -0.1) is 11.3 Å². The molecule has 2 aromatic rings. The van der Waals surface area contributed by atoms with Crippen molar-refractivity contribution in [2.75, 3.05) is 27.2 Å². The first kappa shape index (κ1) is 18.3. The number of nitrogens with one attached hydrogen (secondary N) is 1. The van der Waals surface area contributed by atoms with Crippen molar-refractivity contribution in [2.45, 2.75) is 25.8 Å². The Morgan fingerprint density at radius 3 is 2.88 bits per heavy atom. The van der Waals surface area contributed by atoms with Crippen molar-refractivity contribution in [1.82, 2.24) is 14.8 Å². The van der Waals surface area contributed by atoms with Crippen molar-refractivity contribution in [3.05, 3.63) is 57.1 Å². The lowest BCUT2D eigenvalue weighted by Gasteiger charge is -2.21. The molecule has 2 aromatic heterocycles. The van der Waals surface area contributed by atoms with Gasteiger partial charge < -0.3 is 14.8 Å². The zero-order valence-corrected chi connectivity index (χ0v) is 15.3. The number of aryl methyl sites for hydroxylation is 1. The summed E-state index contributed by atoms with van der Waals surface area (Å²) in [5.41, 5.74) is 0.0644. The van der Waals surface area contributed by atoms with Crippen LogP contribution < -0.4 is 10.9 Å². The molecular formula is C18H26N4OS. The fourth-order valence-electron chi connectivity index (χ4n) is 2.48. The van der Waals surface area contributed by atoms with Crippen LogP contribution in [0.3, 0.4) is 0 Å². The van der Waals surface area contributed by atoms with E-state index >= 15 is 0 Å². The van der Waals surface area contributed by atoms with Gasteiger partial charge in [0, 0.05) is 50.9 Å². The van der Waals surface area contributed by atoms with Gasteiger partial charge in [-0.3, -0.25) is 9.79 Å². The molecule has 24 heavy (non-hydrogen) atoms. The smallest absolute Gasteiger partial charge is 0.250 e. The summed E-state index contributed by atoms with van der Waals surface area (Å²) in [4.78, 5) is 19.5. The molecule has 0 amide bonds. The number of hydrogen-bond donors (Lipinski definition) is 1. The summed E-state index contributed by atoms with van der Waals surface area (Å²) in [6.07, 6.45) is 4.84. The largest absolute Gasteiger partial charge is 0.356 e. The van der Waals surface area contributed by atoms with Crippen molar-refractivity contribution in [1.29, 1.82) is 0 Å². The first-order chi connectivity index (χ1) is 11.7. The van der Waals surface area contributed by atoms with Gasteiger partial charge in [0.15, 0.2) is 5.96 Å². The summed E-state index contributed by atoms with van der Waals surface area (Å²) < 4.78 is 1.75. The van der Waals surface area contributed by atoms with Gasteiger partial charge in [-0.2, -0.15) is 0 Å². The van der Waals surface area contributed by atoms with Crippen molar-refractivity contribution in [2.24, 2.45) is 4.99 Å². The van der Waals surface area contributed by atoms with Crippen molar-refractivity contribution in [3.63, 3.8) is 0 Å². The number of thiophene rings is 1. The Bertz CT molecular complexity index is 678. The lowest BCUT2D eigenvalue weighted by molar-refractivity contribution is 0.482. The number of rotatable bonds is 8. The highest BCUT2D eigenvalue weighted by Gasteiger charge is 2.05. The first-order valence-electron chi connectivity index (χ1n) is 8.30. The van der Waals surface area contributed by atoms with E-state index in [0.29, 0.717) is 0 Å². The molecule has 0 aromatic carbocycles. The maximum atomic E-state index is 11.6. The number of hydrogen-bond acceptors (Lipinski definition) is 3. The van der Waals surface area contributed by atoms with Gasteiger partial charge in [-0.05, 0) is 36.8 Å². The zero-order chi connectivity index (χ0) is 17.2. The third kappa shape index (κ3) is 5.85. The predicted molar refractivity (Wildman–Crippen MR) is 102 cm³/mol. The molecule has 0 saturated carbocycles. The first-order valence-corrected chi connectivity index (χ1v) is 9.18. The zero-order valence-electron chi connectivity index (χ0n) is 14.4. The van der Waals surface area contributed by atoms with Gasteiger partial charge in [0.1, 0.15) is 0 Å². The standard InChI is InChI=1S/C18H26N4OS/c1-19-18(21(2)14-10-16-8-7-15-24-16)20-11-4-6-13-22-12-5-3-9-17(22)23/h3,5,7-9,12,15H,4,6,10-11,13-14H2,1-2H3,(H,19,20). The van der Waals surface area contributed by atoms with Crippen LogP contribution in [0.25, 0.3) is 0 Å². The molecule has 0 fully saturated rings. The van der Waals surface area contributed by atoms with E-state index in [9.17, 15) is 4.79 Å². The van der Waals surface area contributed by atoms with E-state index in [1.807, 2.05) is 19.3 Å². The van der Waals surface area contributed by atoms with E-state index in [0.717, 1.165) is 44.9 Å². The Balaban J connectivity index is 1.66. The van der Waals surface area contributed by atoms with Crippen LogP contribution in [0, 0.1) is 0 Å². The average Bonchev–Trinajstić information content (AvgIpc) is 3.11. The SMILES string of the molecule is CN=C(NCCCCn1ccccc1=O)N(C)CCc1cccs1. The molecule has 0 bridgehead atoms. The monoisotopic (exact) mass is 346 g/mol. The summed E-state index contributed by atoms with van der Waals surface area (Å²) in [5.74, 6) is 0.920. The van der Waals surface area contributed by atoms with Crippen LogP contribution in [-0.2, 0) is 13.0 Å². The quantitative estimate of drug-likeness (QED) is 0.454. The fraction of sp³-hybridized carbons (Fsp3) is 0.444. The number of pyridine rings is 1. The summed E-state index contributed by atoms with van der Waals surface area (Å²) >= 11 is 1.79. The summed E-state index contributed by atoms with van der Waals surface area (Å²) in [5, 5.41) is 5.50. The molecule has 0 atom stereocenters. The van der Waals surface area contributed by atoms with Crippen molar-refractivity contribution >= 4 is 17.3 Å². The van der Waals surface area contributed by atoms with E-state index < -0.39 is 0 Å². The van der Waals surface area contributed by atoms with Crippen LogP contribution in [0.2, 0.25) is 0 Å². The van der Waals surface area contributed by atoms with E-state index in [2.05, 4.69) is 39.8 Å². The summed E-state index contributed by atoms with van der Waals surface area (Å²) in [6.45, 7) is 2.56. The van der Waals surface area contributed by atoms with Gasteiger partial charge in [0.25, 0.3) is 0 Å². The van der Waals surface area contributed by atoms with E-state index in [1.165, 1.54) is 4.88 Å². The third-order valence-electron chi connectivity index (χ3n) is 3.85. The molecule has 0 spiro atoms. The lowest BCUT2D eigenvalue weighted by atomic mass is 10.3. The van der Waals surface area contributed by atoms with Crippen molar-refractivity contribution in [3.8, 4) is 0 Å². The minimum atomic E-state index is 0.0644. The molecule has 5 nitrogen and oxygen atoms in total. The second-order valence-electron chi connectivity index (χ2n) is 5.66. The Morgan fingerprint density at radius 1 is 1.29 bits per heavy atom. The maximum Gasteiger partial charge on any atom is 0.250 e. The summed E-state index contributed by atoms with van der Waals surface area (Å²) in [6, 6.07) is 9.52. The molecule has 0 aliphatic heterocycles. The topological polar surface area (TPSA) is 49.6 Å². The Labute approximate surface area is 147 Å². The molecule has 0 radical (unpaired) electrons. The van der Waals surface area contributed by atoms with Gasteiger partial charge in [0.2, 0.25) is 5.56 Å². The van der Waals surface area contributed by atoms with Gasteiger partial charge >= 0.3 is 0 Å². The molecule has 130 valence electrons. The molecule has 2 rings (SSSR count). The third-order valence-corrected chi connectivity index (χ3v) is 4.79. The Morgan fingerprint density at radius 2 is 2.17 bits per heavy atom. The van der Waals surface area contributed by atoms with Crippen LogP contribution in [-0.4, -0.2) is 42.6 Å². The second-order valence-corrected chi connectivity index (χ2v) is 6.70. The molecule has 0 unspecified atom stereocenters. The predicted octanol–water partition coefficient (Wildman–Crippen LogP) is 2.44. The highest BCUT2D eigenvalue weighted by molar-refractivity contribution is 7.09. The fourth-order valence-corrected chi connectivity index (χ4v) is 3.17. The highest BCUT2D eigenvalue weighted by Crippen LogP contribution is 2.09. The van der Waals surface area contributed by atoms with Crippen LogP contribution >= 0.6 is 11.3 Å². The van der Waals surface area contributed by atoms with Crippen LogP contribution in [0.1, 0.15) is 17.7 Å². The Kier molecular flexibility index (Phi) is 7.55. The Hall–Kier alpha value is -2.08. The molecule has 0 aliphatic rings. The van der Waals surface area contributed by atoms with Gasteiger partial charge in [-0.25, -0.2) is 0 Å². The van der Waals surface area contributed by atoms with E-state index in [-0.39, 0.29) is 5.56 Å². The van der Waals surface area contributed by atoms with Gasteiger partial charge in [0.05, 0.1) is 0 Å². The number of aromatic nitrogens is 1. The molecule has 0 aliphatic carbocycles. The molecular weight excluding hydrogens is 320 g/mol. The number of aliphatic imine (C=N–C) groups is 1. The van der Waals surface area contributed by atoms with Crippen LogP contribution in [0.5, 0.6) is 0 Å². The number of likely N-dealkylation sites (N-methyl/N-ethyl adjacent to an activating group) is 1. The molecule has 6 heteroatoms. The highest BCUT2D eigenvalue weighted by atomic mass is 32.1. The van der Waals surface area contributed by atoms with E-state index in [1.54, 1.807) is 28.0 Å². The van der Waals surface area contributed by atoms with Gasteiger partial charge in [-0.1, -0.05) is 12.1 Å². The summed E-state index contributed by atoms with van der Waals surface area (Å²) in [7, 11) is 3.87. The number of unbranched alkanes of at least 4 members (excludes halogenated alkanes) is 1. The number of guanidine groups is 1.